The number of hydrogen-bond donors (Lipinski definition) is 2. The summed E-state index contributed by atoms with van der Waals surface area (Å²) in [6.45, 7) is 0.396. The first kappa shape index (κ1) is 15.6. The molecule has 2 rings (SSSR count). The van der Waals surface area contributed by atoms with Gasteiger partial charge in [-0.25, -0.2) is 17.9 Å². The molecule has 1 saturated heterocycles. The zero-order valence-electron chi connectivity index (χ0n) is 10.5. The topological polar surface area (TPSA) is 83.5 Å². The fourth-order valence-corrected chi connectivity index (χ4v) is 4.64. The van der Waals surface area contributed by atoms with Crippen molar-refractivity contribution in [3.8, 4) is 0 Å². The summed E-state index contributed by atoms with van der Waals surface area (Å²) in [4.78, 5) is 10.8. The quantitative estimate of drug-likeness (QED) is 0.860. The predicted molar refractivity (Wildman–Crippen MR) is 79.0 cm³/mol. The summed E-state index contributed by atoms with van der Waals surface area (Å²) in [7, 11) is -3.65. The molecule has 2 N–H and O–H groups in total. The molecule has 1 heterocycles. The highest BCUT2D eigenvalue weighted by molar-refractivity contribution is 7.99. The first-order valence-electron chi connectivity index (χ1n) is 6.00. The van der Waals surface area contributed by atoms with E-state index in [2.05, 4.69) is 4.72 Å². The van der Waals surface area contributed by atoms with Gasteiger partial charge in [0.25, 0.3) is 0 Å². The zero-order valence-corrected chi connectivity index (χ0v) is 12.9. The van der Waals surface area contributed by atoms with Crippen molar-refractivity contribution >= 4 is 39.4 Å². The van der Waals surface area contributed by atoms with Crippen molar-refractivity contribution < 1.29 is 18.3 Å². The maximum absolute atomic E-state index is 12.1. The van der Waals surface area contributed by atoms with Gasteiger partial charge in [0, 0.05) is 6.54 Å². The van der Waals surface area contributed by atoms with Crippen LogP contribution in [0.15, 0.2) is 23.1 Å². The largest absolute Gasteiger partial charge is 0.478 e. The predicted octanol–water partition coefficient (Wildman–Crippen LogP) is 2.07. The summed E-state index contributed by atoms with van der Waals surface area (Å²) in [5.74, 6) is 1.19. The number of thioether (sulfide) groups is 1. The summed E-state index contributed by atoms with van der Waals surface area (Å²) in [5.41, 5.74) is -0.113. The minimum Gasteiger partial charge on any atom is -0.478 e. The van der Waals surface area contributed by atoms with Crippen molar-refractivity contribution in [2.24, 2.45) is 5.92 Å². The van der Waals surface area contributed by atoms with Gasteiger partial charge < -0.3 is 5.11 Å². The van der Waals surface area contributed by atoms with Gasteiger partial charge in [-0.3, -0.25) is 0 Å². The van der Waals surface area contributed by atoms with E-state index < -0.39 is 16.0 Å². The van der Waals surface area contributed by atoms with Crippen LogP contribution in [0.5, 0.6) is 0 Å². The van der Waals surface area contributed by atoms with Crippen LogP contribution in [0.2, 0.25) is 5.02 Å². The van der Waals surface area contributed by atoms with Crippen molar-refractivity contribution in [2.45, 2.75) is 11.3 Å². The lowest BCUT2D eigenvalue weighted by molar-refractivity contribution is 0.0697. The van der Waals surface area contributed by atoms with Crippen LogP contribution in [0, 0.1) is 5.92 Å². The van der Waals surface area contributed by atoms with Gasteiger partial charge in [-0.1, -0.05) is 11.6 Å². The Balaban J connectivity index is 2.12. The smallest absolute Gasteiger partial charge is 0.337 e. The summed E-state index contributed by atoms with van der Waals surface area (Å²) < 4.78 is 26.7. The van der Waals surface area contributed by atoms with Crippen LogP contribution in [-0.2, 0) is 10.0 Å². The normalized spacial score (nSPS) is 19.1. The molecule has 20 heavy (non-hydrogen) atoms. The number of rotatable bonds is 5. The van der Waals surface area contributed by atoms with Crippen LogP contribution in [0.25, 0.3) is 0 Å². The third kappa shape index (κ3) is 3.66. The second-order valence-corrected chi connectivity index (χ2v) is 7.85. The van der Waals surface area contributed by atoms with Gasteiger partial charge in [-0.05, 0) is 42.0 Å². The molecule has 5 nitrogen and oxygen atoms in total. The summed E-state index contributed by atoms with van der Waals surface area (Å²) in [5, 5.41) is 8.77. The second-order valence-electron chi connectivity index (χ2n) is 4.53. The SMILES string of the molecule is O=C(O)c1ccc(S(=O)(=O)NCC2CCSC2)cc1Cl. The molecule has 0 aliphatic carbocycles. The third-order valence-electron chi connectivity index (χ3n) is 3.07. The molecule has 0 aromatic heterocycles. The van der Waals surface area contributed by atoms with Gasteiger partial charge in [0.05, 0.1) is 15.5 Å². The van der Waals surface area contributed by atoms with Crippen LogP contribution in [0.4, 0.5) is 0 Å². The summed E-state index contributed by atoms with van der Waals surface area (Å²) in [6, 6.07) is 3.61. The van der Waals surface area contributed by atoms with Crippen LogP contribution in [-0.4, -0.2) is 37.5 Å². The minimum atomic E-state index is -3.65. The molecular formula is C12H14ClNO4S2. The van der Waals surface area contributed by atoms with Gasteiger partial charge in [0.15, 0.2) is 0 Å². The van der Waals surface area contributed by atoms with E-state index in [1.54, 1.807) is 0 Å². The van der Waals surface area contributed by atoms with Gasteiger partial charge in [0.2, 0.25) is 10.0 Å². The number of hydrogen-bond acceptors (Lipinski definition) is 4. The molecule has 0 amide bonds. The number of aromatic carboxylic acids is 1. The molecule has 1 fully saturated rings. The van der Waals surface area contributed by atoms with E-state index in [9.17, 15) is 13.2 Å². The van der Waals surface area contributed by atoms with Crippen molar-refractivity contribution in [1.82, 2.24) is 4.72 Å². The second kappa shape index (κ2) is 6.34. The maximum Gasteiger partial charge on any atom is 0.337 e. The van der Waals surface area contributed by atoms with Gasteiger partial charge in [0.1, 0.15) is 0 Å². The molecule has 110 valence electrons. The van der Waals surface area contributed by atoms with Crippen molar-refractivity contribution in [3.05, 3.63) is 28.8 Å². The number of carbonyl (C=O) groups is 1. The molecule has 1 unspecified atom stereocenters. The first-order chi connectivity index (χ1) is 9.40. The van der Waals surface area contributed by atoms with E-state index in [0.29, 0.717) is 12.5 Å². The van der Waals surface area contributed by atoms with Crippen molar-refractivity contribution in [3.63, 3.8) is 0 Å². The third-order valence-corrected chi connectivity index (χ3v) is 6.03. The highest BCUT2D eigenvalue weighted by Crippen LogP contribution is 2.24. The number of halogens is 1. The van der Waals surface area contributed by atoms with E-state index in [1.165, 1.54) is 12.1 Å². The Labute approximate surface area is 126 Å². The Kier molecular flexibility index (Phi) is 4.95. The standard InChI is InChI=1S/C12H14ClNO4S2/c13-11-5-9(1-2-10(11)12(15)16)20(17,18)14-6-8-3-4-19-7-8/h1-2,5,8,14H,3-4,6-7H2,(H,15,16). The molecule has 0 saturated carbocycles. The monoisotopic (exact) mass is 335 g/mol. The highest BCUT2D eigenvalue weighted by Gasteiger charge is 2.21. The fourth-order valence-electron chi connectivity index (χ4n) is 1.89. The summed E-state index contributed by atoms with van der Waals surface area (Å²) in [6.07, 6.45) is 1.01. The minimum absolute atomic E-state index is 0.0156. The lowest BCUT2D eigenvalue weighted by atomic mass is 10.1. The first-order valence-corrected chi connectivity index (χ1v) is 9.02. The van der Waals surface area contributed by atoms with Crippen LogP contribution in [0.3, 0.4) is 0 Å². The van der Waals surface area contributed by atoms with E-state index in [4.69, 9.17) is 16.7 Å². The Bertz CT molecular complexity index is 612. The average Bonchev–Trinajstić information content (AvgIpc) is 2.89. The number of benzene rings is 1. The van der Waals surface area contributed by atoms with Gasteiger partial charge in [-0.15, -0.1) is 0 Å². The molecule has 1 aromatic carbocycles. The molecule has 0 radical (unpaired) electrons. The van der Waals surface area contributed by atoms with E-state index >= 15 is 0 Å². The lowest BCUT2D eigenvalue weighted by Crippen LogP contribution is -2.29. The van der Waals surface area contributed by atoms with Crippen LogP contribution >= 0.6 is 23.4 Å². The van der Waals surface area contributed by atoms with Crippen LogP contribution < -0.4 is 4.72 Å². The van der Waals surface area contributed by atoms with E-state index in [-0.39, 0.29) is 15.5 Å². The molecule has 1 aliphatic rings. The number of carboxylic acids is 1. The number of carboxylic acid groups (broad SMARTS) is 1. The van der Waals surface area contributed by atoms with E-state index in [0.717, 1.165) is 24.0 Å². The van der Waals surface area contributed by atoms with Crippen molar-refractivity contribution in [2.75, 3.05) is 18.1 Å². The Morgan fingerprint density at radius 1 is 1.50 bits per heavy atom. The van der Waals surface area contributed by atoms with Crippen molar-refractivity contribution in [1.29, 1.82) is 0 Å². The number of sulfonamides is 1. The molecule has 0 spiro atoms. The molecular weight excluding hydrogens is 322 g/mol. The number of nitrogens with one attached hydrogen (secondary N) is 1. The summed E-state index contributed by atoms with van der Waals surface area (Å²) >= 11 is 7.60. The molecule has 1 aliphatic heterocycles. The Morgan fingerprint density at radius 3 is 2.80 bits per heavy atom. The van der Waals surface area contributed by atoms with Crippen LogP contribution in [0.1, 0.15) is 16.8 Å². The van der Waals surface area contributed by atoms with E-state index in [1.807, 2.05) is 11.8 Å². The Morgan fingerprint density at radius 2 is 2.25 bits per heavy atom. The molecule has 0 bridgehead atoms. The average molecular weight is 336 g/mol. The van der Waals surface area contributed by atoms with Gasteiger partial charge >= 0.3 is 5.97 Å². The maximum atomic E-state index is 12.1. The zero-order chi connectivity index (χ0) is 14.8. The molecule has 8 heteroatoms. The Hall–Kier alpha value is -0.760. The fraction of sp³-hybridized carbons (Fsp3) is 0.417. The van der Waals surface area contributed by atoms with Gasteiger partial charge in [-0.2, -0.15) is 11.8 Å². The highest BCUT2D eigenvalue weighted by atomic mass is 35.5. The lowest BCUT2D eigenvalue weighted by Gasteiger charge is -2.11. The molecule has 1 atom stereocenters. The molecule has 1 aromatic rings.